The van der Waals surface area contributed by atoms with E-state index in [1.54, 1.807) is 18.2 Å². The number of carbonyl (C=O) groups excluding carboxylic acids is 2. The van der Waals surface area contributed by atoms with Crippen molar-refractivity contribution in [2.75, 3.05) is 40.4 Å². The van der Waals surface area contributed by atoms with Crippen molar-refractivity contribution in [2.45, 2.75) is 26.3 Å². The molecule has 0 radical (unpaired) electrons. The van der Waals surface area contributed by atoms with Crippen LogP contribution in [0.2, 0.25) is 5.02 Å². The van der Waals surface area contributed by atoms with Crippen LogP contribution in [0.25, 0.3) is 5.76 Å². The lowest BCUT2D eigenvalue weighted by Crippen LogP contribution is -2.35. The first-order valence-corrected chi connectivity index (χ1v) is 11.7. The van der Waals surface area contributed by atoms with Crippen LogP contribution in [-0.4, -0.2) is 67.0 Å². The number of ketones is 1. The van der Waals surface area contributed by atoms with E-state index < -0.39 is 17.7 Å². The van der Waals surface area contributed by atoms with Crippen LogP contribution < -0.4 is 9.47 Å². The van der Waals surface area contributed by atoms with Gasteiger partial charge in [-0.25, -0.2) is 0 Å². The Labute approximate surface area is 205 Å². The van der Waals surface area contributed by atoms with Crippen LogP contribution >= 0.6 is 11.6 Å². The van der Waals surface area contributed by atoms with Gasteiger partial charge in [-0.1, -0.05) is 30.7 Å². The molecule has 0 bridgehead atoms. The fourth-order valence-electron chi connectivity index (χ4n) is 3.80. The summed E-state index contributed by atoms with van der Waals surface area (Å²) in [6.07, 6.45) is 0.886. The van der Waals surface area contributed by atoms with Gasteiger partial charge >= 0.3 is 0 Å². The number of benzene rings is 2. The van der Waals surface area contributed by atoms with Gasteiger partial charge < -0.3 is 24.4 Å². The third kappa shape index (κ3) is 5.54. The van der Waals surface area contributed by atoms with Gasteiger partial charge in [-0.2, -0.15) is 0 Å². The van der Waals surface area contributed by atoms with E-state index in [-0.39, 0.29) is 11.3 Å². The molecule has 1 aliphatic rings. The molecule has 2 aromatic rings. The number of likely N-dealkylation sites (N-methyl/N-ethyl adjacent to an activating group) is 1. The Morgan fingerprint density at radius 1 is 1.09 bits per heavy atom. The summed E-state index contributed by atoms with van der Waals surface area (Å²) in [6.45, 7) is 5.74. The van der Waals surface area contributed by atoms with Gasteiger partial charge in [-0.15, -0.1) is 0 Å². The van der Waals surface area contributed by atoms with E-state index in [2.05, 4.69) is 0 Å². The summed E-state index contributed by atoms with van der Waals surface area (Å²) in [5.41, 5.74) is 1.10. The number of ether oxygens (including phenoxy) is 2. The minimum absolute atomic E-state index is 0.0377. The monoisotopic (exact) mass is 486 g/mol. The molecule has 34 heavy (non-hydrogen) atoms. The Morgan fingerprint density at radius 2 is 1.79 bits per heavy atom. The van der Waals surface area contributed by atoms with Crippen molar-refractivity contribution in [1.82, 2.24) is 9.80 Å². The zero-order valence-electron chi connectivity index (χ0n) is 20.0. The lowest BCUT2D eigenvalue weighted by Gasteiger charge is -2.26. The molecule has 0 spiro atoms. The number of halogens is 1. The van der Waals surface area contributed by atoms with Crippen molar-refractivity contribution >= 4 is 29.1 Å². The van der Waals surface area contributed by atoms with Crippen molar-refractivity contribution in [2.24, 2.45) is 0 Å². The van der Waals surface area contributed by atoms with Crippen molar-refractivity contribution in [1.29, 1.82) is 0 Å². The van der Waals surface area contributed by atoms with E-state index in [0.717, 1.165) is 6.42 Å². The predicted molar refractivity (Wildman–Crippen MR) is 132 cm³/mol. The molecule has 1 saturated heterocycles. The Balaban J connectivity index is 2.09. The lowest BCUT2D eigenvalue weighted by atomic mass is 9.95. The largest absolute Gasteiger partial charge is 0.507 e. The van der Waals surface area contributed by atoms with E-state index in [1.165, 1.54) is 4.90 Å². The molecule has 182 valence electrons. The quantitative estimate of drug-likeness (QED) is 0.302. The molecule has 1 atom stereocenters. The standard InChI is InChI=1S/C26H31ClN2O5/c1-5-15-34-19-10-7-17(8-11-19)23-22(25(31)26(32)29(23)14-13-28(3)4)24(30)18-9-12-20(27)21(16-18)33-6-2/h7-12,16,23,30H,5-6,13-15H2,1-4H3/b24-22-. The molecule has 0 aromatic heterocycles. The van der Waals surface area contributed by atoms with Gasteiger partial charge in [-0.3, -0.25) is 9.59 Å². The summed E-state index contributed by atoms with van der Waals surface area (Å²) in [4.78, 5) is 29.6. The number of amides is 1. The van der Waals surface area contributed by atoms with Crippen molar-refractivity contribution in [3.63, 3.8) is 0 Å². The van der Waals surface area contributed by atoms with Gasteiger partial charge in [0.15, 0.2) is 0 Å². The minimum atomic E-state index is -0.730. The van der Waals surface area contributed by atoms with Crippen LogP contribution in [0.1, 0.15) is 37.4 Å². The van der Waals surface area contributed by atoms with Crippen LogP contribution in [0.15, 0.2) is 48.0 Å². The summed E-state index contributed by atoms with van der Waals surface area (Å²) >= 11 is 6.19. The molecule has 1 fully saturated rings. The minimum Gasteiger partial charge on any atom is -0.507 e. The van der Waals surface area contributed by atoms with Gasteiger partial charge in [0.05, 0.1) is 29.9 Å². The summed E-state index contributed by atoms with van der Waals surface area (Å²) < 4.78 is 11.2. The third-order valence-corrected chi connectivity index (χ3v) is 5.81. The molecule has 1 amide bonds. The van der Waals surface area contributed by atoms with Crippen LogP contribution in [0.3, 0.4) is 0 Å². The Morgan fingerprint density at radius 3 is 2.41 bits per heavy atom. The van der Waals surface area contributed by atoms with E-state index in [9.17, 15) is 14.7 Å². The first-order valence-electron chi connectivity index (χ1n) is 11.4. The highest BCUT2D eigenvalue weighted by molar-refractivity contribution is 6.46. The maximum atomic E-state index is 13.1. The maximum absolute atomic E-state index is 13.1. The number of aliphatic hydroxyl groups is 1. The lowest BCUT2D eigenvalue weighted by molar-refractivity contribution is -0.140. The van der Waals surface area contributed by atoms with E-state index in [1.807, 2.05) is 57.1 Å². The molecular formula is C26H31ClN2O5. The number of likely N-dealkylation sites (tertiary alicyclic amines) is 1. The fraction of sp³-hybridized carbons (Fsp3) is 0.385. The highest BCUT2D eigenvalue weighted by atomic mass is 35.5. The molecule has 1 aliphatic heterocycles. The second kappa shape index (κ2) is 11.4. The molecule has 1 heterocycles. The number of rotatable bonds is 10. The van der Waals surface area contributed by atoms with Gasteiger partial charge in [0, 0.05) is 18.7 Å². The Hall–Kier alpha value is -3.03. The molecule has 1 N–H and O–H groups in total. The average Bonchev–Trinajstić information content (AvgIpc) is 3.07. The second-order valence-electron chi connectivity index (χ2n) is 8.29. The number of aliphatic hydroxyl groups excluding tert-OH is 1. The number of hydrogen-bond acceptors (Lipinski definition) is 6. The van der Waals surface area contributed by atoms with Crippen LogP contribution in [-0.2, 0) is 9.59 Å². The van der Waals surface area contributed by atoms with Crippen LogP contribution in [0.5, 0.6) is 11.5 Å². The normalized spacial score (nSPS) is 17.5. The molecule has 1 unspecified atom stereocenters. The fourth-order valence-corrected chi connectivity index (χ4v) is 3.98. The SMILES string of the molecule is CCCOc1ccc(C2/C(=C(/O)c3ccc(Cl)c(OCC)c3)C(=O)C(=O)N2CCN(C)C)cc1. The van der Waals surface area contributed by atoms with Crippen LogP contribution in [0, 0.1) is 0 Å². The maximum Gasteiger partial charge on any atom is 0.295 e. The Bertz CT molecular complexity index is 1070. The highest BCUT2D eigenvalue weighted by Gasteiger charge is 2.45. The van der Waals surface area contributed by atoms with E-state index in [4.69, 9.17) is 21.1 Å². The predicted octanol–water partition coefficient (Wildman–Crippen LogP) is 4.51. The molecule has 3 rings (SSSR count). The van der Waals surface area contributed by atoms with E-state index in [0.29, 0.717) is 54.0 Å². The molecular weight excluding hydrogens is 456 g/mol. The summed E-state index contributed by atoms with van der Waals surface area (Å²) in [7, 11) is 3.79. The van der Waals surface area contributed by atoms with Crippen molar-refractivity contribution in [3.05, 3.63) is 64.2 Å². The molecule has 0 saturated carbocycles. The van der Waals surface area contributed by atoms with Crippen molar-refractivity contribution < 1.29 is 24.2 Å². The summed E-state index contributed by atoms with van der Waals surface area (Å²) in [5.74, 6) is -0.530. The highest BCUT2D eigenvalue weighted by Crippen LogP contribution is 2.40. The average molecular weight is 487 g/mol. The number of nitrogens with zero attached hydrogens (tertiary/aromatic N) is 2. The number of carbonyl (C=O) groups is 2. The number of Topliss-reactive ketones (excluding diaryl/α,β-unsaturated/α-hetero) is 1. The number of hydrogen-bond donors (Lipinski definition) is 1. The zero-order chi connectivity index (χ0) is 24.8. The second-order valence-corrected chi connectivity index (χ2v) is 8.70. The van der Waals surface area contributed by atoms with Gasteiger partial charge in [0.1, 0.15) is 17.3 Å². The summed E-state index contributed by atoms with van der Waals surface area (Å²) in [5, 5.41) is 11.6. The van der Waals surface area contributed by atoms with Crippen LogP contribution in [0.4, 0.5) is 0 Å². The molecule has 2 aromatic carbocycles. The van der Waals surface area contributed by atoms with Gasteiger partial charge in [0.2, 0.25) is 0 Å². The molecule has 8 heteroatoms. The molecule has 7 nitrogen and oxygen atoms in total. The smallest absolute Gasteiger partial charge is 0.295 e. The first-order chi connectivity index (χ1) is 16.3. The third-order valence-electron chi connectivity index (χ3n) is 5.50. The van der Waals surface area contributed by atoms with E-state index >= 15 is 0 Å². The molecule has 0 aliphatic carbocycles. The Kier molecular flexibility index (Phi) is 8.58. The topological polar surface area (TPSA) is 79.3 Å². The summed E-state index contributed by atoms with van der Waals surface area (Å²) in [6, 6.07) is 11.3. The van der Waals surface area contributed by atoms with Gasteiger partial charge in [0.25, 0.3) is 11.7 Å². The zero-order valence-corrected chi connectivity index (χ0v) is 20.8. The first kappa shape index (κ1) is 25.6. The van der Waals surface area contributed by atoms with Crippen molar-refractivity contribution in [3.8, 4) is 11.5 Å². The van der Waals surface area contributed by atoms with Gasteiger partial charge in [-0.05, 0) is 63.3 Å².